The smallest absolute Gasteiger partial charge is 0.349 e. The summed E-state index contributed by atoms with van der Waals surface area (Å²) < 4.78 is 5.29. The van der Waals surface area contributed by atoms with Gasteiger partial charge in [0.25, 0.3) is 5.91 Å². The maximum Gasteiger partial charge on any atom is 0.349 e. The van der Waals surface area contributed by atoms with E-state index < -0.39 is 5.97 Å². The third kappa shape index (κ3) is 3.73. The van der Waals surface area contributed by atoms with Crippen LogP contribution in [-0.2, 0) is 11.2 Å². The summed E-state index contributed by atoms with van der Waals surface area (Å²) in [6.45, 7) is 1.88. The summed E-state index contributed by atoms with van der Waals surface area (Å²) >= 11 is 1.20. The van der Waals surface area contributed by atoms with Gasteiger partial charge in [-0.1, -0.05) is 13.3 Å². The molecule has 0 aliphatic heterocycles. The van der Waals surface area contributed by atoms with E-state index in [9.17, 15) is 9.59 Å². The van der Waals surface area contributed by atoms with Crippen molar-refractivity contribution in [3.8, 4) is 5.75 Å². The molecular weight excluding hydrogens is 254 g/mol. The minimum Gasteiger partial charge on any atom is -0.482 e. The number of rotatable bonds is 6. The van der Waals surface area contributed by atoms with Crippen molar-refractivity contribution < 1.29 is 19.4 Å². The third-order valence-electron chi connectivity index (χ3n) is 2.29. The zero-order chi connectivity index (χ0) is 13.7. The Bertz CT molecular complexity index is 439. The van der Waals surface area contributed by atoms with Crippen molar-refractivity contribution in [1.82, 2.24) is 4.90 Å². The largest absolute Gasteiger partial charge is 0.482 e. The van der Waals surface area contributed by atoms with E-state index in [0.29, 0.717) is 0 Å². The first-order valence-electron chi connectivity index (χ1n) is 5.64. The molecule has 1 aromatic heterocycles. The van der Waals surface area contributed by atoms with Gasteiger partial charge in [0.1, 0.15) is 5.75 Å². The van der Waals surface area contributed by atoms with Gasteiger partial charge < -0.3 is 14.7 Å². The Balaban J connectivity index is 2.79. The number of aryl methyl sites for hydroxylation is 1. The molecule has 0 aliphatic carbocycles. The molecule has 1 amide bonds. The number of hydrogen-bond donors (Lipinski definition) is 1. The van der Waals surface area contributed by atoms with Gasteiger partial charge in [-0.05, 0) is 12.5 Å². The molecule has 0 fully saturated rings. The molecule has 0 saturated heterocycles. The number of amides is 1. The molecule has 18 heavy (non-hydrogen) atoms. The highest BCUT2D eigenvalue weighted by Gasteiger charge is 2.17. The average molecular weight is 271 g/mol. The van der Waals surface area contributed by atoms with Crippen LogP contribution in [-0.4, -0.2) is 42.6 Å². The maximum atomic E-state index is 11.4. The van der Waals surface area contributed by atoms with Gasteiger partial charge in [-0.25, -0.2) is 4.79 Å². The first kappa shape index (κ1) is 14.5. The number of carbonyl (C=O) groups excluding carboxylic acids is 1. The van der Waals surface area contributed by atoms with Crippen molar-refractivity contribution in [3.05, 3.63) is 15.8 Å². The lowest BCUT2D eigenvalue weighted by Crippen LogP contribution is -2.27. The normalized spacial score (nSPS) is 10.2. The average Bonchev–Trinajstić information content (AvgIpc) is 2.69. The van der Waals surface area contributed by atoms with Crippen LogP contribution in [0.3, 0.4) is 0 Å². The molecule has 0 aliphatic rings. The highest BCUT2D eigenvalue weighted by molar-refractivity contribution is 7.14. The predicted octanol–water partition coefficient (Wildman–Crippen LogP) is 1.87. The van der Waals surface area contributed by atoms with Crippen molar-refractivity contribution in [2.24, 2.45) is 0 Å². The number of likely N-dealkylation sites (N-methyl/N-ethyl adjacent to an activating group) is 1. The number of hydrogen-bond acceptors (Lipinski definition) is 4. The minimum atomic E-state index is -1.02. The van der Waals surface area contributed by atoms with Gasteiger partial charge in [0, 0.05) is 19.0 Å². The number of thiophene rings is 1. The van der Waals surface area contributed by atoms with Gasteiger partial charge in [0.15, 0.2) is 11.5 Å². The monoisotopic (exact) mass is 271 g/mol. The van der Waals surface area contributed by atoms with Crippen molar-refractivity contribution in [2.45, 2.75) is 19.8 Å². The molecule has 0 bridgehead atoms. The molecule has 0 atom stereocenters. The molecule has 0 radical (unpaired) electrons. The van der Waals surface area contributed by atoms with Crippen LogP contribution in [0.25, 0.3) is 0 Å². The Kier molecular flexibility index (Phi) is 5.15. The Hall–Kier alpha value is -1.56. The molecule has 5 nitrogen and oxygen atoms in total. The van der Waals surface area contributed by atoms with Gasteiger partial charge in [-0.2, -0.15) is 0 Å². The number of carboxylic acids is 1. The third-order valence-corrected chi connectivity index (χ3v) is 3.45. The Morgan fingerprint density at radius 2 is 2.11 bits per heavy atom. The molecule has 100 valence electrons. The molecule has 0 saturated carbocycles. The van der Waals surface area contributed by atoms with E-state index in [1.165, 1.54) is 16.2 Å². The summed E-state index contributed by atoms with van der Waals surface area (Å²) in [4.78, 5) is 25.0. The number of ether oxygens (including phenoxy) is 1. The van der Waals surface area contributed by atoms with Crippen LogP contribution < -0.4 is 4.74 Å². The van der Waals surface area contributed by atoms with Gasteiger partial charge >= 0.3 is 5.97 Å². The SMILES string of the molecule is CCCc1cc(OCC(=O)N(C)C)c(C(=O)O)s1. The molecule has 1 aromatic rings. The van der Waals surface area contributed by atoms with Crippen LogP contribution in [0, 0.1) is 0 Å². The zero-order valence-corrected chi connectivity index (χ0v) is 11.5. The summed E-state index contributed by atoms with van der Waals surface area (Å²) in [5.74, 6) is -0.935. The number of aromatic carboxylic acids is 1. The van der Waals surface area contributed by atoms with Gasteiger partial charge in [0.05, 0.1) is 0 Å². The first-order chi connectivity index (χ1) is 8.45. The van der Waals surface area contributed by atoms with Crippen LogP contribution in [0.2, 0.25) is 0 Å². The van der Waals surface area contributed by atoms with Gasteiger partial charge in [-0.3, -0.25) is 4.79 Å². The van der Waals surface area contributed by atoms with Crippen molar-refractivity contribution in [3.63, 3.8) is 0 Å². The van der Waals surface area contributed by atoms with Crippen LogP contribution >= 0.6 is 11.3 Å². The Morgan fingerprint density at radius 1 is 1.44 bits per heavy atom. The van der Waals surface area contributed by atoms with Crippen molar-refractivity contribution >= 4 is 23.2 Å². The van der Waals surface area contributed by atoms with Crippen LogP contribution in [0.4, 0.5) is 0 Å². The molecule has 1 heterocycles. The summed E-state index contributed by atoms with van der Waals surface area (Å²) in [5, 5.41) is 9.06. The fourth-order valence-electron chi connectivity index (χ4n) is 1.32. The highest BCUT2D eigenvalue weighted by atomic mass is 32.1. The van der Waals surface area contributed by atoms with Crippen molar-refractivity contribution in [1.29, 1.82) is 0 Å². The number of carboxylic acid groups (broad SMARTS) is 1. The Labute approximate surface area is 110 Å². The van der Waals surface area contributed by atoms with Crippen LogP contribution in [0.1, 0.15) is 27.9 Å². The van der Waals surface area contributed by atoms with E-state index in [4.69, 9.17) is 9.84 Å². The topological polar surface area (TPSA) is 66.8 Å². The summed E-state index contributed by atoms with van der Waals surface area (Å²) in [5.41, 5.74) is 0. The quantitative estimate of drug-likeness (QED) is 0.857. The van der Waals surface area contributed by atoms with E-state index in [1.807, 2.05) is 6.92 Å². The second kappa shape index (κ2) is 6.39. The molecule has 0 unspecified atom stereocenters. The van der Waals surface area contributed by atoms with E-state index in [2.05, 4.69) is 0 Å². The van der Waals surface area contributed by atoms with E-state index in [0.717, 1.165) is 17.7 Å². The molecule has 0 aromatic carbocycles. The Morgan fingerprint density at radius 3 is 2.61 bits per heavy atom. The van der Waals surface area contributed by atoms with E-state index >= 15 is 0 Å². The number of carbonyl (C=O) groups is 2. The lowest BCUT2D eigenvalue weighted by Gasteiger charge is -2.10. The number of nitrogens with zero attached hydrogens (tertiary/aromatic N) is 1. The lowest BCUT2D eigenvalue weighted by atomic mass is 10.3. The van der Waals surface area contributed by atoms with Gasteiger partial charge in [0.2, 0.25) is 0 Å². The second-order valence-electron chi connectivity index (χ2n) is 4.04. The van der Waals surface area contributed by atoms with Crippen LogP contribution in [0.5, 0.6) is 5.75 Å². The van der Waals surface area contributed by atoms with Crippen LogP contribution in [0.15, 0.2) is 6.07 Å². The van der Waals surface area contributed by atoms with E-state index in [1.54, 1.807) is 20.2 Å². The zero-order valence-electron chi connectivity index (χ0n) is 10.7. The fraction of sp³-hybridized carbons (Fsp3) is 0.500. The standard InChI is InChI=1S/C12H17NO4S/c1-4-5-8-6-9(11(18-8)12(15)16)17-7-10(14)13(2)3/h6H,4-5,7H2,1-3H3,(H,15,16). The van der Waals surface area contributed by atoms with E-state index in [-0.39, 0.29) is 23.1 Å². The van der Waals surface area contributed by atoms with Crippen molar-refractivity contribution in [2.75, 3.05) is 20.7 Å². The molecule has 6 heteroatoms. The maximum absolute atomic E-state index is 11.4. The molecule has 1 N–H and O–H groups in total. The summed E-state index contributed by atoms with van der Waals surface area (Å²) in [6, 6.07) is 1.71. The second-order valence-corrected chi connectivity index (χ2v) is 5.17. The lowest BCUT2D eigenvalue weighted by molar-refractivity contribution is -0.130. The predicted molar refractivity (Wildman–Crippen MR) is 69.5 cm³/mol. The van der Waals surface area contributed by atoms with Gasteiger partial charge in [-0.15, -0.1) is 11.3 Å². The minimum absolute atomic E-state index is 0.143. The summed E-state index contributed by atoms with van der Waals surface area (Å²) in [7, 11) is 3.25. The first-order valence-corrected chi connectivity index (χ1v) is 6.46. The molecular formula is C12H17NO4S. The summed E-state index contributed by atoms with van der Waals surface area (Å²) in [6.07, 6.45) is 1.76. The highest BCUT2D eigenvalue weighted by Crippen LogP contribution is 2.30. The molecule has 1 rings (SSSR count). The molecule has 0 spiro atoms. The fourth-order valence-corrected chi connectivity index (χ4v) is 2.36.